The average Bonchev–Trinajstić information content (AvgIpc) is 2.75. The average molecular weight is 391 g/mol. The number of aromatic carboxylic acids is 1. The van der Waals surface area contributed by atoms with Gasteiger partial charge in [0.15, 0.2) is 12.4 Å². The fourth-order valence-corrected chi connectivity index (χ4v) is 2.56. The van der Waals surface area contributed by atoms with E-state index in [9.17, 15) is 27.2 Å². The zero-order chi connectivity index (χ0) is 19.8. The van der Waals surface area contributed by atoms with Crippen molar-refractivity contribution >= 4 is 5.97 Å². The van der Waals surface area contributed by atoms with Gasteiger partial charge in [0.25, 0.3) is 0 Å². The summed E-state index contributed by atoms with van der Waals surface area (Å²) in [6.07, 6.45) is -4.21. The number of carboxylic acids is 1. The summed E-state index contributed by atoms with van der Waals surface area (Å²) >= 11 is 0. The second-order valence-electron chi connectivity index (χ2n) is 5.68. The molecule has 0 bridgehead atoms. The van der Waals surface area contributed by atoms with E-state index in [0.29, 0.717) is 29.8 Å². The van der Waals surface area contributed by atoms with Crippen LogP contribution in [0.4, 0.5) is 17.6 Å². The van der Waals surface area contributed by atoms with Crippen LogP contribution in [0.1, 0.15) is 22.6 Å². The van der Waals surface area contributed by atoms with Crippen molar-refractivity contribution in [3.8, 4) is 11.4 Å². The van der Waals surface area contributed by atoms with Crippen LogP contribution in [0.5, 0.6) is 5.75 Å². The predicted molar refractivity (Wildman–Crippen MR) is 80.6 cm³/mol. The molecule has 8 nitrogen and oxygen atoms in total. The molecule has 0 atom stereocenters. The predicted octanol–water partition coefficient (Wildman–Crippen LogP) is 1.73. The van der Waals surface area contributed by atoms with E-state index in [4.69, 9.17) is 9.84 Å². The molecule has 146 valence electrons. The van der Waals surface area contributed by atoms with Gasteiger partial charge in [-0.1, -0.05) is 0 Å². The summed E-state index contributed by atoms with van der Waals surface area (Å²) in [5.41, 5.74) is -2.06. The molecule has 1 aliphatic rings. The van der Waals surface area contributed by atoms with Crippen molar-refractivity contribution in [3.63, 3.8) is 0 Å². The fraction of sp³-hybridized carbons (Fsp3) is 0.400. The van der Waals surface area contributed by atoms with Crippen LogP contribution < -0.4 is 10.4 Å². The first-order valence-corrected chi connectivity index (χ1v) is 7.70. The van der Waals surface area contributed by atoms with Gasteiger partial charge in [0.1, 0.15) is 29.4 Å². The fourth-order valence-electron chi connectivity index (χ4n) is 2.56. The number of alkyl halides is 3. The van der Waals surface area contributed by atoms with Crippen LogP contribution in [0.2, 0.25) is 0 Å². The molecule has 27 heavy (non-hydrogen) atoms. The second kappa shape index (κ2) is 7.02. The molecule has 2 heterocycles. The number of aromatic nitrogens is 3. The molecule has 12 heteroatoms. The molecule has 3 rings (SSSR count). The summed E-state index contributed by atoms with van der Waals surface area (Å²) in [4.78, 5) is 23.6. The van der Waals surface area contributed by atoms with Crippen molar-refractivity contribution in [2.24, 2.45) is 0 Å². The summed E-state index contributed by atoms with van der Waals surface area (Å²) in [5, 5.41) is 13.0. The molecule has 0 saturated carbocycles. The molecule has 2 aromatic rings. The molecule has 1 aliphatic heterocycles. The van der Waals surface area contributed by atoms with Gasteiger partial charge in [-0.25, -0.2) is 14.0 Å². The highest BCUT2D eigenvalue weighted by atomic mass is 19.4. The van der Waals surface area contributed by atoms with Gasteiger partial charge >= 0.3 is 17.8 Å². The Labute approximate surface area is 148 Å². The van der Waals surface area contributed by atoms with Crippen LogP contribution in [0.15, 0.2) is 16.9 Å². The number of carboxylic acid groups (broad SMARTS) is 1. The van der Waals surface area contributed by atoms with Crippen LogP contribution in [-0.4, -0.2) is 44.8 Å². The summed E-state index contributed by atoms with van der Waals surface area (Å²) in [6.45, 7) is -1.07. The Bertz CT molecular complexity index is 935. The van der Waals surface area contributed by atoms with Crippen molar-refractivity contribution < 1.29 is 36.9 Å². The topological polar surface area (TPSA) is 95.6 Å². The van der Waals surface area contributed by atoms with Crippen LogP contribution in [0.3, 0.4) is 0 Å². The molecular weight excluding hydrogens is 378 g/mol. The van der Waals surface area contributed by atoms with Gasteiger partial charge in [0, 0.05) is 19.2 Å². The molecule has 1 aromatic heterocycles. The smallest absolute Gasteiger partial charge is 0.422 e. The zero-order valence-corrected chi connectivity index (χ0v) is 13.6. The third-order valence-corrected chi connectivity index (χ3v) is 3.74. The standard InChI is InChI=1S/C15H13F4N3O5/c16-9-4-8(13(23)24)11(27-7-15(17,18)19)5-10(9)22-14(25)21-2-1-3-26-6-12(21)20-22/h4-5H,1-3,6-7H2,(H,23,24). The van der Waals surface area contributed by atoms with Crippen LogP contribution in [0.25, 0.3) is 5.69 Å². The Kier molecular flexibility index (Phi) is 4.91. The van der Waals surface area contributed by atoms with Crippen molar-refractivity contribution in [2.45, 2.75) is 25.7 Å². The Hall–Kier alpha value is -2.89. The number of nitrogens with zero attached hydrogens (tertiary/aromatic N) is 3. The molecule has 0 spiro atoms. The summed E-state index contributed by atoms with van der Waals surface area (Å²) < 4.78 is 63.2. The number of fused-ring (bicyclic) bond motifs is 1. The number of benzene rings is 1. The minimum absolute atomic E-state index is 0.00843. The molecule has 0 unspecified atom stereocenters. The molecule has 0 aliphatic carbocycles. The number of carbonyl (C=O) groups is 1. The van der Waals surface area contributed by atoms with Crippen LogP contribution in [-0.2, 0) is 17.9 Å². The van der Waals surface area contributed by atoms with E-state index in [0.717, 1.165) is 0 Å². The van der Waals surface area contributed by atoms with E-state index in [-0.39, 0.29) is 19.0 Å². The van der Waals surface area contributed by atoms with Gasteiger partial charge in [0.05, 0.1) is 0 Å². The molecule has 1 N–H and O–H groups in total. The van der Waals surface area contributed by atoms with Gasteiger partial charge in [-0.2, -0.15) is 17.9 Å². The van der Waals surface area contributed by atoms with E-state index in [1.165, 1.54) is 4.57 Å². The number of rotatable bonds is 4. The first kappa shape index (κ1) is 18.9. The van der Waals surface area contributed by atoms with Crippen LogP contribution in [0, 0.1) is 5.82 Å². The first-order valence-electron chi connectivity index (χ1n) is 7.70. The van der Waals surface area contributed by atoms with E-state index in [1.807, 2.05) is 0 Å². The maximum Gasteiger partial charge on any atom is 0.422 e. The van der Waals surface area contributed by atoms with Crippen LogP contribution >= 0.6 is 0 Å². The number of hydrogen-bond donors (Lipinski definition) is 1. The van der Waals surface area contributed by atoms with E-state index in [2.05, 4.69) is 9.84 Å². The first-order chi connectivity index (χ1) is 12.7. The number of hydrogen-bond acceptors (Lipinski definition) is 5. The maximum absolute atomic E-state index is 14.4. The number of ether oxygens (including phenoxy) is 2. The highest BCUT2D eigenvalue weighted by Gasteiger charge is 2.30. The maximum atomic E-state index is 14.4. The molecule has 1 aromatic carbocycles. The van der Waals surface area contributed by atoms with Crippen molar-refractivity contribution in [3.05, 3.63) is 39.8 Å². The molecule has 0 saturated heterocycles. The molecule has 0 radical (unpaired) electrons. The van der Waals surface area contributed by atoms with Crippen molar-refractivity contribution in [1.29, 1.82) is 0 Å². The van der Waals surface area contributed by atoms with Gasteiger partial charge in [-0.3, -0.25) is 4.57 Å². The molecular formula is C15H13F4N3O5. The SMILES string of the molecule is O=C(O)c1cc(F)c(-n2nc3n(c2=O)CCCOC3)cc1OCC(F)(F)F. The lowest BCUT2D eigenvalue weighted by Gasteiger charge is -2.13. The summed E-state index contributed by atoms with van der Waals surface area (Å²) in [6, 6.07) is 1.19. The van der Waals surface area contributed by atoms with Gasteiger partial charge in [-0.05, 0) is 12.5 Å². The third kappa shape index (κ3) is 3.94. The van der Waals surface area contributed by atoms with E-state index >= 15 is 0 Å². The lowest BCUT2D eigenvalue weighted by atomic mass is 10.1. The monoisotopic (exact) mass is 391 g/mol. The Morgan fingerprint density at radius 3 is 2.78 bits per heavy atom. The second-order valence-corrected chi connectivity index (χ2v) is 5.68. The molecule has 0 fully saturated rings. The summed E-state index contributed by atoms with van der Waals surface area (Å²) in [7, 11) is 0. The Morgan fingerprint density at radius 1 is 1.37 bits per heavy atom. The third-order valence-electron chi connectivity index (χ3n) is 3.74. The van der Waals surface area contributed by atoms with E-state index < -0.39 is 47.3 Å². The highest BCUT2D eigenvalue weighted by Crippen LogP contribution is 2.27. The minimum atomic E-state index is -4.73. The quantitative estimate of drug-likeness (QED) is 0.798. The van der Waals surface area contributed by atoms with Crippen molar-refractivity contribution in [1.82, 2.24) is 14.3 Å². The summed E-state index contributed by atoms with van der Waals surface area (Å²) in [5.74, 6) is -3.35. The normalized spacial score (nSPS) is 14.5. The van der Waals surface area contributed by atoms with E-state index in [1.54, 1.807) is 0 Å². The lowest BCUT2D eigenvalue weighted by molar-refractivity contribution is -0.153. The van der Waals surface area contributed by atoms with Gasteiger partial charge in [-0.15, -0.1) is 5.10 Å². The molecule has 0 amide bonds. The van der Waals surface area contributed by atoms with Gasteiger partial charge < -0.3 is 14.6 Å². The Morgan fingerprint density at radius 2 is 2.11 bits per heavy atom. The van der Waals surface area contributed by atoms with Gasteiger partial charge in [0.2, 0.25) is 0 Å². The minimum Gasteiger partial charge on any atom is -0.483 e. The Balaban J connectivity index is 2.08. The van der Waals surface area contributed by atoms with Crippen molar-refractivity contribution in [2.75, 3.05) is 13.2 Å². The number of halogens is 4. The largest absolute Gasteiger partial charge is 0.483 e. The zero-order valence-electron chi connectivity index (χ0n) is 13.6. The highest BCUT2D eigenvalue weighted by molar-refractivity contribution is 5.91. The lowest BCUT2D eigenvalue weighted by Crippen LogP contribution is -2.25.